The van der Waals surface area contributed by atoms with Crippen molar-refractivity contribution < 1.29 is 19.2 Å². The number of para-hydroxylation sites is 2. The normalized spacial score (nSPS) is 44.6. The lowest BCUT2D eigenvalue weighted by Gasteiger charge is -2.67. The quantitative estimate of drug-likeness (QED) is 0.367. The first-order chi connectivity index (χ1) is 23.5. The van der Waals surface area contributed by atoms with Crippen LogP contribution >= 0.6 is 0 Å². The summed E-state index contributed by atoms with van der Waals surface area (Å²) in [5.41, 5.74) is 1.18. The highest BCUT2D eigenvalue weighted by Gasteiger charge is 2.73. The summed E-state index contributed by atoms with van der Waals surface area (Å²) < 4.78 is 0. The number of imide groups is 2. The number of piperazine rings is 2. The van der Waals surface area contributed by atoms with Crippen LogP contribution in [0.5, 0.6) is 0 Å². The van der Waals surface area contributed by atoms with Crippen LogP contribution in [0.25, 0.3) is 0 Å². The number of benzene rings is 2. The van der Waals surface area contributed by atoms with Crippen LogP contribution in [0.2, 0.25) is 0 Å². The summed E-state index contributed by atoms with van der Waals surface area (Å²) in [6, 6.07) is 18.1. The van der Waals surface area contributed by atoms with E-state index in [1.165, 1.54) is 9.80 Å². The molecule has 0 spiro atoms. The minimum atomic E-state index is -0.548. The number of nitrogens with zero attached hydrogens (tertiary/aromatic N) is 2. The summed E-state index contributed by atoms with van der Waals surface area (Å²) in [5, 5.41) is 15.8. The SMILES string of the molecule is O=C1C2C3NC4CCCCC4NC3C3C(=O)N(c4ccccc4)C(=O)C4C5NC6CCCCC6NC5C(C(=O)N1c1ccccc1)C2C34. The van der Waals surface area contributed by atoms with Gasteiger partial charge in [-0.1, -0.05) is 62.1 Å². The number of anilines is 2. The Morgan fingerprint density at radius 2 is 0.688 bits per heavy atom. The van der Waals surface area contributed by atoms with Gasteiger partial charge in [-0.05, 0) is 61.8 Å². The Hall–Kier alpha value is -3.44. The molecule has 8 fully saturated rings. The highest BCUT2D eigenvalue weighted by molar-refractivity contribution is 6.21. The number of fused-ring (bicyclic) bond motifs is 8. The van der Waals surface area contributed by atoms with Crippen molar-refractivity contribution in [3.05, 3.63) is 60.7 Å². The van der Waals surface area contributed by atoms with E-state index >= 15 is 0 Å². The second kappa shape index (κ2) is 11.0. The molecule has 4 N–H and O–H groups in total. The molecular weight excluding hydrogens is 604 g/mol. The standard InChI is InChI=1S/C38H44N6O4/c45-35-27-25-26-29(33-31(27)39-21-15-7-9-17-23(21)41-33)37(47)44(20-13-5-2-6-14-20)38(48)30(26)34-32(40-22-16-8-10-18-24(22)42-34)28(25)36(46)43(35)19-11-3-1-4-12-19/h1-6,11-14,21-34,39-42H,7-10,15-18H2. The molecule has 10 nitrogen and oxygen atoms in total. The van der Waals surface area contributed by atoms with E-state index in [9.17, 15) is 19.2 Å². The van der Waals surface area contributed by atoms with Crippen LogP contribution in [0.3, 0.4) is 0 Å². The molecule has 12 atom stereocenters. The summed E-state index contributed by atoms with van der Waals surface area (Å²) in [6.07, 6.45) is 8.53. The van der Waals surface area contributed by atoms with E-state index in [0.717, 1.165) is 51.4 Å². The molecule has 2 aromatic carbocycles. The molecule has 4 amide bonds. The molecule has 0 bridgehead atoms. The van der Waals surface area contributed by atoms with Crippen LogP contribution in [0.4, 0.5) is 11.4 Å². The molecule has 10 heteroatoms. The van der Waals surface area contributed by atoms with E-state index in [1.54, 1.807) is 0 Å². The van der Waals surface area contributed by atoms with Crippen molar-refractivity contribution in [3.63, 3.8) is 0 Å². The van der Waals surface area contributed by atoms with Gasteiger partial charge in [-0.2, -0.15) is 0 Å². The lowest BCUT2D eigenvalue weighted by Crippen LogP contribution is -2.86. The third-order valence-corrected chi connectivity index (χ3v) is 13.6. The predicted octanol–water partition coefficient (Wildman–Crippen LogP) is 2.34. The van der Waals surface area contributed by atoms with Crippen molar-refractivity contribution in [2.75, 3.05) is 9.80 Å². The molecule has 4 saturated heterocycles. The smallest absolute Gasteiger partial charge is 0.238 e. The fourth-order valence-electron chi connectivity index (χ4n) is 11.9. The fourth-order valence-corrected chi connectivity index (χ4v) is 11.9. The van der Waals surface area contributed by atoms with E-state index in [2.05, 4.69) is 21.3 Å². The highest BCUT2D eigenvalue weighted by atomic mass is 16.2. The summed E-state index contributed by atoms with van der Waals surface area (Å²) in [5.74, 6) is -3.87. The van der Waals surface area contributed by atoms with Crippen molar-refractivity contribution in [2.45, 2.75) is 99.7 Å². The van der Waals surface area contributed by atoms with Crippen molar-refractivity contribution in [1.82, 2.24) is 21.3 Å². The minimum Gasteiger partial charge on any atom is -0.307 e. The number of carbonyl (C=O) groups excluding carboxylic acids is 4. The molecule has 4 aliphatic heterocycles. The largest absolute Gasteiger partial charge is 0.307 e. The van der Waals surface area contributed by atoms with Gasteiger partial charge in [0.1, 0.15) is 0 Å². The van der Waals surface area contributed by atoms with Crippen LogP contribution in [-0.2, 0) is 19.2 Å². The minimum absolute atomic E-state index is 0.195. The van der Waals surface area contributed by atoms with E-state index in [-0.39, 0.29) is 72.0 Å². The van der Waals surface area contributed by atoms with Gasteiger partial charge in [-0.25, -0.2) is 9.80 Å². The van der Waals surface area contributed by atoms with Crippen LogP contribution < -0.4 is 31.1 Å². The first-order valence-corrected chi connectivity index (χ1v) is 18.4. The molecule has 0 radical (unpaired) electrons. The van der Waals surface area contributed by atoms with Gasteiger partial charge < -0.3 is 21.3 Å². The third-order valence-electron chi connectivity index (χ3n) is 13.6. The Kier molecular flexibility index (Phi) is 6.78. The third kappa shape index (κ3) is 4.06. The summed E-state index contributed by atoms with van der Waals surface area (Å²) in [7, 11) is 0. The number of piperidine rings is 2. The maximum absolute atomic E-state index is 15.0. The van der Waals surface area contributed by atoms with E-state index < -0.39 is 35.5 Å². The molecule has 250 valence electrons. The Balaban J connectivity index is 1.17. The van der Waals surface area contributed by atoms with Crippen molar-refractivity contribution >= 4 is 35.0 Å². The molecule has 4 saturated carbocycles. The summed E-state index contributed by atoms with van der Waals surface area (Å²) in [4.78, 5) is 62.9. The number of carbonyl (C=O) groups is 4. The van der Waals surface area contributed by atoms with Gasteiger partial charge in [0.05, 0.1) is 35.0 Å². The molecule has 12 unspecified atom stereocenters. The topological polar surface area (TPSA) is 123 Å². The number of rotatable bonds is 2. The Labute approximate surface area is 280 Å². The first-order valence-electron chi connectivity index (χ1n) is 18.4. The zero-order valence-corrected chi connectivity index (χ0v) is 27.0. The van der Waals surface area contributed by atoms with Crippen LogP contribution in [0.15, 0.2) is 60.7 Å². The highest BCUT2D eigenvalue weighted by Crippen LogP contribution is 2.59. The average molecular weight is 649 g/mol. The van der Waals surface area contributed by atoms with E-state index in [1.807, 2.05) is 60.7 Å². The van der Waals surface area contributed by atoms with Gasteiger partial charge in [-0.15, -0.1) is 0 Å². The van der Waals surface area contributed by atoms with E-state index in [4.69, 9.17) is 0 Å². The fraction of sp³-hybridized carbons (Fsp3) is 0.579. The van der Waals surface area contributed by atoms with Crippen molar-refractivity contribution in [3.8, 4) is 0 Å². The zero-order chi connectivity index (χ0) is 32.3. The maximum Gasteiger partial charge on any atom is 0.238 e. The Morgan fingerprint density at radius 1 is 0.417 bits per heavy atom. The van der Waals surface area contributed by atoms with Gasteiger partial charge in [-0.3, -0.25) is 19.2 Å². The number of amides is 4. The lowest BCUT2D eigenvalue weighted by molar-refractivity contribution is -0.178. The van der Waals surface area contributed by atoms with E-state index in [0.29, 0.717) is 11.4 Å². The number of hydrogen-bond donors (Lipinski definition) is 4. The summed E-state index contributed by atoms with van der Waals surface area (Å²) in [6.45, 7) is 0. The average Bonchev–Trinajstić information content (AvgIpc) is 3.11. The van der Waals surface area contributed by atoms with Gasteiger partial charge in [0.15, 0.2) is 0 Å². The molecule has 10 rings (SSSR count). The predicted molar refractivity (Wildman–Crippen MR) is 179 cm³/mol. The maximum atomic E-state index is 15.0. The molecule has 8 aliphatic rings. The number of nitrogens with one attached hydrogen (secondary N) is 4. The second-order valence-electron chi connectivity index (χ2n) is 15.7. The molecule has 4 aliphatic carbocycles. The van der Waals surface area contributed by atoms with Crippen LogP contribution in [0.1, 0.15) is 51.4 Å². The molecule has 4 heterocycles. The van der Waals surface area contributed by atoms with Gasteiger partial charge in [0, 0.05) is 48.3 Å². The van der Waals surface area contributed by atoms with Gasteiger partial charge in [0.2, 0.25) is 23.6 Å². The zero-order valence-electron chi connectivity index (χ0n) is 27.0. The van der Waals surface area contributed by atoms with Crippen LogP contribution in [-0.4, -0.2) is 72.0 Å². The molecular formula is C38H44N6O4. The van der Waals surface area contributed by atoms with Crippen molar-refractivity contribution in [2.24, 2.45) is 35.5 Å². The summed E-state index contributed by atoms with van der Waals surface area (Å²) >= 11 is 0. The molecule has 0 aromatic heterocycles. The second-order valence-corrected chi connectivity index (χ2v) is 15.7. The molecule has 2 aromatic rings. The van der Waals surface area contributed by atoms with Gasteiger partial charge >= 0.3 is 0 Å². The monoisotopic (exact) mass is 648 g/mol. The van der Waals surface area contributed by atoms with Gasteiger partial charge in [0.25, 0.3) is 0 Å². The van der Waals surface area contributed by atoms with Crippen LogP contribution in [0, 0.1) is 35.5 Å². The Morgan fingerprint density at radius 3 is 0.958 bits per heavy atom. The first kappa shape index (κ1) is 29.5. The Bertz CT molecular complexity index is 1450. The molecule has 48 heavy (non-hydrogen) atoms. The van der Waals surface area contributed by atoms with Crippen molar-refractivity contribution in [1.29, 1.82) is 0 Å². The lowest BCUT2D eigenvalue weighted by atomic mass is 9.45. The number of hydrogen-bond acceptors (Lipinski definition) is 8.